The van der Waals surface area contributed by atoms with Crippen LogP contribution in [0.5, 0.6) is 0 Å². The Morgan fingerprint density at radius 3 is 2.88 bits per heavy atom. The van der Waals surface area contributed by atoms with E-state index in [1.165, 1.54) is 12.1 Å². The molecule has 0 radical (unpaired) electrons. The molecular weight excluding hydrogens is 214 g/mol. The first kappa shape index (κ1) is 12.1. The van der Waals surface area contributed by atoms with Crippen molar-refractivity contribution in [3.63, 3.8) is 0 Å². The predicted octanol–water partition coefficient (Wildman–Crippen LogP) is 0.0681. The van der Waals surface area contributed by atoms with Crippen LogP contribution in [0.15, 0.2) is 12.1 Å². The minimum Gasteiger partial charge on any atom is -0.392 e. The number of nitrogens with one attached hydrogen (secondary N) is 2. The number of hydrogen-bond donors (Lipinski definition) is 4. The van der Waals surface area contributed by atoms with E-state index in [0.717, 1.165) is 0 Å². The van der Waals surface area contributed by atoms with Crippen molar-refractivity contribution in [1.82, 2.24) is 4.98 Å². The number of nitrogens with two attached hydrogens (primary N) is 1. The molecule has 16 heavy (non-hydrogen) atoms. The molecule has 88 valence electrons. The Hall–Kier alpha value is -1.93. The molecule has 0 aliphatic rings. The zero-order valence-corrected chi connectivity index (χ0v) is 8.67. The van der Waals surface area contributed by atoms with Crippen LogP contribution in [0.1, 0.15) is 6.92 Å². The second-order valence-electron chi connectivity index (χ2n) is 3.20. The first-order valence-corrected chi connectivity index (χ1v) is 4.58. The van der Waals surface area contributed by atoms with Gasteiger partial charge < -0.3 is 15.8 Å². The van der Waals surface area contributed by atoms with Crippen molar-refractivity contribution in [1.29, 1.82) is 0 Å². The smallest absolute Gasteiger partial charge is 0.311 e. The summed E-state index contributed by atoms with van der Waals surface area (Å²) in [7, 11) is 0. The van der Waals surface area contributed by atoms with Gasteiger partial charge in [-0.1, -0.05) is 0 Å². The zero-order valence-electron chi connectivity index (χ0n) is 8.67. The minimum atomic E-state index is -0.629. The number of aliphatic hydroxyl groups is 1. The Morgan fingerprint density at radius 2 is 2.38 bits per heavy atom. The van der Waals surface area contributed by atoms with Crippen LogP contribution in [0, 0.1) is 10.1 Å². The first-order chi connectivity index (χ1) is 7.54. The van der Waals surface area contributed by atoms with Gasteiger partial charge in [0.15, 0.2) is 0 Å². The van der Waals surface area contributed by atoms with E-state index in [1.54, 1.807) is 6.92 Å². The van der Waals surface area contributed by atoms with Crippen molar-refractivity contribution in [2.45, 2.75) is 13.0 Å². The van der Waals surface area contributed by atoms with Crippen LogP contribution >= 0.6 is 0 Å². The number of aliphatic hydroxyl groups excluding tert-OH is 1. The number of hydrazine groups is 1. The van der Waals surface area contributed by atoms with E-state index in [0.29, 0.717) is 5.82 Å². The fraction of sp³-hybridized carbons (Fsp3) is 0.375. The highest BCUT2D eigenvalue weighted by molar-refractivity contribution is 5.59. The fourth-order valence-corrected chi connectivity index (χ4v) is 1.05. The van der Waals surface area contributed by atoms with Crippen LogP contribution in [0.25, 0.3) is 0 Å². The Morgan fingerprint density at radius 1 is 1.69 bits per heavy atom. The van der Waals surface area contributed by atoms with E-state index in [1.807, 2.05) is 0 Å². The van der Waals surface area contributed by atoms with Crippen molar-refractivity contribution >= 4 is 17.3 Å². The van der Waals surface area contributed by atoms with Crippen molar-refractivity contribution in [2.24, 2.45) is 5.84 Å². The maximum absolute atomic E-state index is 10.7. The second kappa shape index (κ2) is 5.24. The molecule has 8 nitrogen and oxygen atoms in total. The van der Waals surface area contributed by atoms with Gasteiger partial charge in [-0.25, -0.2) is 10.8 Å². The zero-order chi connectivity index (χ0) is 12.1. The summed E-state index contributed by atoms with van der Waals surface area (Å²) < 4.78 is 0. The van der Waals surface area contributed by atoms with Crippen LogP contribution in [0.2, 0.25) is 0 Å². The highest BCUT2D eigenvalue weighted by atomic mass is 16.6. The normalized spacial score (nSPS) is 11.9. The molecule has 1 aromatic rings. The van der Waals surface area contributed by atoms with E-state index < -0.39 is 11.0 Å². The summed E-state index contributed by atoms with van der Waals surface area (Å²) in [6.07, 6.45) is -0.629. The summed E-state index contributed by atoms with van der Waals surface area (Å²) in [6.45, 7) is 1.73. The Bertz CT molecular complexity index is 382. The van der Waals surface area contributed by atoms with E-state index in [2.05, 4.69) is 15.7 Å². The molecule has 0 bridgehead atoms. The topological polar surface area (TPSA) is 126 Å². The number of nitro groups is 1. The molecule has 0 aromatic carbocycles. The molecule has 0 fully saturated rings. The van der Waals surface area contributed by atoms with Crippen LogP contribution in [-0.4, -0.2) is 27.7 Å². The average Bonchev–Trinajstić information content (AvgIpc) is 2.25. The van der Waals surface area contributed by atoms with Crippen molar-refractivity contribution in [2.75, 3.05) is 17.3 Å². The van der Waals surface area contributed by atoms with Gasteiger partial charge in [0.1, 0.15) is 5.82 Å². The molecule has 5 N–H and O–H groups in total. The van der Waals surface area contributed by atoms with Gasteiger partial charge >= 0.3 is 5.69 Å². The molecule has 0 saturated heterocycles. The van der Waals surface area contributed by atoms with Crippen molar-refractivity contribution in [3.8, 4) is 0 Å². The number of pyridine rings is 1. The summed E-state index contributed by atoms with van der Waals surface area (Å²) in [5, 5.41) is 22.4. The monoisotopic (exact) mass is 227 g/mol. The molecule has 1 rings (SSSR count). The van der Waals surface area contributed by atoms with Gasteiger partial charge in [-0.2, -0.15) is 0 Å². The van der Waals surface area contributed by atoms with Crippen LogP contribution < -0.4 is 16.6 Å². The largest absolute Gasteiger partial charge is 0.392 e. The molecule has 0 aliphatic carbocycles. The summed E-state index contributed by atoms with van der Waals surface area (Å²) in [5.41, 5.74) is 2.12. The lowest BCUT2D eigenvalue weighted by molar-refractivity contribution is -0.384. The lowest BCUT2D eigenvalue weighted by atomic mass is 10.3. The molecular formula is C8H13N5O3. The first-order valence-electron chi connectivity index (χ1n) is 4.58. The maximum Gasteiger partial charge on any atom is 0.311 e. The number of nitrogens with zero attached hydrogens (tertiary/aromatic N) is 2. The number of anilines is 2. The molecule has 0 amide bonds. The van der Waals surface area contributed by atoms with Gasteiger partial charge in [0.25, 0.3) is 0 Å². The third-order valence-electron chi connectivity index (χ3n) is 1.78. The predicted molar refractivity (Wildman–Crippen MR) is 58.9 cm³/mol. The molecule has 1 aromatic heterocycles. The van der Waals surface area contributed by atoms with Crippen LogP contribution in [0.3, 0.4) is 0 Å². The van der Waals surface area contributed by atoms with Crippen LogP contribution in [0.4, 0.5) is 17.3 Å². The van der Waals surface area contributed by atoms with E-state index in [9.17, 15) is 10.1 Å². The van der Waals surface area contributed by atoms with E-state index in [4.69, 9.17) is 10.9 Å². The van der Waals surface area contributed by atoms with Gasteiger partial charge in [0.05, 0.1) is 11.0 Å². The average molecular weight is 227 g/mol. The standard InChI is InChI=1S/C8H13N5O3/c1-5(14)4-10-8-6(13(15)16)2-3-7(11-8)12-9/h2-3,5,14H,4,9H2,1H3,(H2,10,11,12). The molecule has 1 atom stereocenters. The molecule has 1 heterocycles. The number of nitrogen functional groups attached to an aromatic ring is 1. The summed E-state index contributed by atoms with van der Waals surface area (Å²) in [4.78, 5) is 14.0. The van der Waals surface area contributed by atoms with Gasteiger partial charge in [0.2, 0.25) is 5.82 Å². The Labute approximate surface area is 91.6 Å². The third-order valence-corrected chi connectivity index (χ3v) is 1.78. The van der Waals surface area contributed by atoms with Crippen molar-refractivity contribution in [3.05, 3.63) is 22.2 Å². The summed E-state index contributed by atoms with van der Waals surface area (Å²) in [5.74, 6) is 5.52. The minimum absolute atomic E-state index is 0.0707. The summed E-state index contributed by atoms with van der Waals surface area (Å²) >= 11 is 0. The maximum atomic E-state index is 10.7. The quantitative estimate of drug-likeness (QED) is 0.318. The SMILES string of the molecule is CC(O)CNc1nc(NN)ccc1[N+](=O)[O-]. The highest BCUT2D eigenvalue weighted by Crippen LogP contribution is 2.23. The van der Waals surface area contributed by atoms with E-state index >= 15 is 0 Å². The van der Waals surface area contributed by atoms with Gasteiger partial charge in [-0.15, -0.1) is 0 Å². The number of rotatable bonds is 5. The Kier molecular flexibility index (Phi) is 3.97. The van der Waals surface area contributed by atoms with Crippen molar-refractivity contribution < 1.29 is 10.0 Å². The van der Waals surface area contributed by atoms with Gasteiger partial charge in [0, 0.05) is 12.6 Å². The lowest BCUT2D eigenvalue weighted by Crippen LogP contribution is -2.18. The summed E-state index contributed by atoms with van der Waals surface area (Å²) in [6, 6.07) is 2.68. The van der Waals surface area contributed by atoms with Gasteiger partial charge in [-0.05, 0) is 13.0 Å². The second-order valence-corrected chi connectivity index (χ2v) is 3.20. The molecule has 0 aliphatic heterocycles. The third kappa shape index (κ3) is 3.04. The number of aromatic nitrogens is 1. The molecule has 1 unspecified atom stereocenters. The van der Waals surface area contributed by atoms with E-state index in [-0.39, 0.29) is 18.1 Å². The Balaban J connectivity index is 2.96. The molecule has 0 spiro atoms. The fourth-order valence-electron chi connectivity index (χ4n) is 1.05. The number of hydrogen-bond acceptors (Lipinski definition) is 7. The van der Waals surface area contributed by atoms with Gasteiger partial charge in [-0.3, -0.25) is 10.1 Å². The lowest BCUT2D eigenvalue weighted by Gasteiger charge is -2.09. The molecule has 0 saturated carbocycles. The van der Waals surface area contributed by atoms with Crippen LogP contribution in [-0.2, 0) is 0 Å². The highest BCUT2D eigenvalue weighted by Gasteiger charge is 2.15. The molecule has 8 heteroatoms.